The smallest absolute Gasteiger partial charge is 0.251 e. The van der Waals surface area contributed by atoms with Crippen LogP contribution in [0.15, 0.2) is 65.5 Å². The van der Waals surface area contributed by atoms with Crippen molar-refractivity contribution < 1.29 is 14.1 Å². The van der Waals surface area contributed by atoms with Crippen molar-refractivity contribution >= 4 is 17.5 Å². The minimum atomic E-state index is -0.233. The van der Waals surface area contributed by atoms with Gasteiger partial charge in [-0.2, -0.15) is 4.98 Å². The molecule has 0 radical (unpaired) electrons. The molecule has 1 fully saturated rings. The molecule has 1 atom stereocenters. The molecule has 7 nitrogen and oxygen atoms in total. The third-order valence-corrected chi connectivity index (χ3v) is 4.27. The second-order valence-corrected chi connectivity index (χ2v) is 6.05. The van der Waals surface area contributed by atoms with Gasteiger partial charge in [0.2, 0.25) is 18.1 Å². The fraction of sp³-hybridized carbons (Fsp3) is 0.158. The third kappa shape index (κ3) is 3.19. The van der Waals surface area contributed by atoms with E-state index in [2.05, 4.69) is 15.5 Å². The maximum Gasteiger partial charge on any atom is 0.251 e. The van der Waals surface area contributed by atoms with E-state index in [1.54, 1.807) is 29.2 Å². The summed E-state index contributed by atoms with van der Waals surface area (Å²) in [5.41, 5.74) is 2.02. The molecule has 0 bridgehead atoms. The number of hydrogen-bond acceptors (Lipinski definition) is 5. The van der Waals surface area contributed by atoms with Gasteiger partial charge in [0, 0.05) is 29.8 Å². The van der Waals surface area contributed by atoms with Crippen LogP contribution in [0.3, 0.4) is 0 Å². The number of carbonyl (C=O) groups is 2. The highest BCUT2D eigenvalue weighted by Gasteiger charge is 2.31. The lowest BCUT2D eigenvalue weighted by Gasteiger charge is -2.17. The van der Waals surface area contributed by atoms with E-state index >= 15 is 0 Å². The monoisotopic (exact) mass is 348 g/mol. The fourth-order valence-corrected chi connectivity index (χ4v) is 3.03. The molecule has 4 rings (SSSR count). The van der Waals surface area contributed by atoms with Crippen molar-refractivity contribution in [3.05, 3.63) is 66.6 Å². The number of nitrogens with one attached hydrogen (secondary N) is 1. The summed E-state index contributed by atoms with van der Waals surface area (Å²) in [6.07, 6.45) is 1.52. The summed E-state index contributed by atoms with van der Waals surface area (Å²) in [5, 5.41) is 6.71. The predicted octanol–water partition coefficient (Wildman–Crippen LogP) is 2.27. The molecule has 130 valence electrons. The third-order valence-electron chi connectivity index (χ3n) is 4.27. The van der Waals surface area contributed by atoms with Crippen molar-refractivity contribution in [1.29, 1.82) is 0 Å². The number of amides is 2. The Morgan fingerprint density at radius 2 is 2.00 bits per heavy atom. The summed E-state index contributed by atoms with van der Waals surface area (Å²) in [6, 6.07) is 16.2. The molecule has 0 saturated carbocycles. The first kappa shape index (κ1) is 16.0. The van der Waals surface area contributed by atoms with E-state index in [0.29, 0.717) is 23.5 Å². The molecule has 1 N–H and O–H groups in total. The Bertz CT molecular complexity index is 925. The molecule has 1 aromatic heterocycles. The molecule has 2 amide bonds. The van der Waals surface area contributed by atoms with Crippen molar-refractivity contribution in [3.63, 3.8) is 0 Å². The second-order valence-electron chi connectivity index (χ2n) is 6.05. The second kappa shape index (κ2) is 6.79. The molecule has 7 heteroatoms. The molecule has 2 heterocycles. The summed E-state index contributed by atoms with van der Waals surface area (Å²) in [7, 11) is 0. The van der Waals surface area contributed by atoms with Gasteiger partial charge < -0.3 is 14.7 Å². The predicted molar refractivity (Wildman–Crippen MR) is 94.4 cm³/mol. The lowest BCUT2D eigenvalue weighted by molar-refractivity contribution is -0.117. The number of para-hydroxylation sites is 1. The van der Waals surface area contributed by atoms with Gasteiger partial charge in [-0.05, 0) is 24.3 Å². The van der Waals surface area contributed by atoms with Gasteiger partial charge in [0.25, 0.3) is 5.91 Å². The molecule has 26 heavy (non-hydrogen) atoms. The number of aromatic nitrogens is 2. The maximum absolute atomic E-state index is 12.6. The van der Waals surface area contributed by atoms with E-state index in [0.717, 1.165) is 5.69 Å². The number of nitrogens with zero attached hydrogens (tertiary/aromatic N) is 3. The van der Waals surface area contributed by atoms with Gasteiger partial charge in [-0.15, -0.1) is 0 Å². The average Bonchev–Trinajstić information content (AvgIpc) is 3.32. The molecular formula is C19H16N4O3. The van der Waals surface area contributed by atoms with Crippen LogP contribution >= 0.6 is 0 Å². The molecular weight excluding hydrogens is 332 g/mol. The zero-order chi connectivity index (χ0) is 17.9. The fourth-order valence-electron chi connectivity index (χ4n) is 3.03. The standard InChI is InChI=1S/C19H16N4O3/c24-17-10-15(11-23(17)16-7-2-1-3-8-16)21-19(25)14-6-4-5-13(9-14)18-20-12-26-22-18/h1-9,12,15H,10-11H2,(H,21,25)/t15-/m1/s1. The Kier molecular flexibility index (Phi) is 4.18. The minimum Gasteiger partial charge on any atom is -0.347 e. The van der Waals surface area contributed by atoms with Gasteiger partial charge >= 0.3 is 0 Å². The summed E-state index contributed by atoms with van der Waals surface area (Å²) >= 11 is 0. The van der Waals surface area contributed by atoms with Crippen LogP contribution in [-0.2, 0) is 4.79 Å². The molecule has 0 aliphatic carbocycles. The van der Waals surface area contributed by atoms with Crippen molar-refractivity contribution in [3.8, 4) is 11.4 Å². The zero-order valence-corrected chi connectivity index (χ0v) is 13.8. The van der Waals surface area contributed by atoms with Crippen LogP contribution < -0.4 is 10.2 Å². The topological polar surface area (TPSA) is 88.3 Å². The van der Waals surface area contributed by atoms with E-state index < -0.39 is 0 Å². The highest BCUT2D eigenvalue weighted by molar-refractivity contribution is 5.99. The number of anilines is 1. The van der Waals surface area contributed by atoms with Crippen molar-refractivity contribution in [2.75, 3.05) is 11.4 Å². The molecule has 0 unspecified atom stereocenters. The number of hydrogen-bond donors (Lipinski definition) is 1. The average molecular weight is 348 g/mol. The first-order chi connectivity index (χ1) is 12.7. The van der Waals surface area contributed by atoms with Gasteiger partial charge in [-0.25, -0.2) is 0 Å². The van der Waals surface area contributed by atoms with Crippen LogP contribution in [0.4, 0.5) is 5.69 Å². The number of benzene rings is 2. The number of rotatable bonds is 4. The first-order valence-electron chi connectivity index (χ1n) is 8.24. The Labute approximate surface area is 149 Å². The molecule has 2 aromatic carbocycles. The van der Waals surface area contributed by atoms with Gasteiger partial charge in [0.05, 0.1) is 6.04 Å². The highest BCUT2D eigenvalue weighted by Crippen LogP contribution is 2.22. The Morgan fingerprint density at radius 3 is 2.77 bits per heavy atom. The summed E-state index contributed by atoms with van der Waals surface area (Å²) in [5.74, 6) is 0.191. The summed E-state index contributed by atoms with van der Waals surface area (Å²) < 4.78 is 4.74. The SMILES string of the molecule is O=C(N[C@@H]1CC(=O)N(c2ccccc2)C1)c1cccc(-c2ncon2)c1. The Hall–Kier alpha value is -3.48. The molecule has 1 aliphatic rings. The molecule has 0 spiro atoms. The van der Waals surface area contributed by atoms with Crippen LogP contribution in [0.1, 0.15) is 16.8 Å². The molecule has 3 aromatic rings. The van der Waals surface area contributed by atoms with Crippen LogP contribution in [0, 0.1) is 0 Å². The van der Waals surface area contributed by atoms with Gasteiger partial charge in [0.1, 0.15) is 0 Å². The Morgan fingerprint density at radius 1 is 1.15 bits per heavy atom. The van der Waals surface area contributed by atoms with E-state index in [4.69, 9.17) is 4.52 Å². The van der Waals surface area contributed by atoms with Crippen LogP contribution in [0.2, 0.25) is 0 Å². The van der Waals surface area contributed by atoms with Crippen LogP contribution in [0.25, 0.3) is 11.4 Å². The Balaban J connectivity index is 1.46. The highest BCUT2D eigenvalue weighted by atomic mass is 16.5. The normalized spacial score (nSPS) is 16.7. The van der Waals surface area contributed by atoms with E-state index in [9.17, 15) is 9.59 Å². The molecule has 1 saturated heterocycles. The van der Waals surface area contributed by atoms with Crippen molar-refractivity contribution in [1.82, 2.24) is 15.5 Å². The van der Waals surface area contributed by atoms with Crippen LogP contribution in [0.5, 0.6) is 0 Å². The van der Waals surface area contributed by atoms with Crippen molar-refractivity contribution in [2.24, 2.45) is 0 Å². The van der Waals surface area contributed by atoms with E-state index in [1.807, 2.05) is 30.3 Å². The van der Waals surface area contributed by atoms with Gasteiger partial charge in [0.15, 0.2) is 0 Å². The van der Waals surface area contributed by atoms with E-state index in [1.165, 1.54) is 6.39 Å². The van der Waals surface area contributed by atoms with Crippen LogP contribution in [-0.4, -0.2) is 34.5 Å². The molecule has 1 aliphatic heterocycles. The lowest BCUT2D eigenvalue weighted by Crippen LogP contribution is -2.37. The van der Waals surface area contributed by atoms with Gasteiger partial charge in [-0.3, -0.25) is 9.59 Å². The minimum absolute atomic E-state index is 0.00190. The largest absolute Gasteiger partial charge is 0.347 e. The quantitative estimate of drug-likeness (QED) is 0.781. The first-order valence-corrected chi connectivity index (χ1v) is 8.24. The lowest BCUT2D eigenvalue weighted by atomic mass is 10.1. The summed E-state index contributed by atoms with van der Waals surface area (Å²) in [4.78, 5) is 30.5. The number of carbonyl (C=O) groups excluding carboxylic acids is 2. The van der Waals surface area contributed by atoms with E-state index in [-0.39, 0.29) is 24.3 Å². The maximum atomic E-state index is 12.6. The summed E-state index contributed by atoms with van der Waals surface area (Å²) in [6.45, 7) is 0.457. The van der Waals surface area contributed by atoms with Crippen molar-refractivity contribution in [2.45, 2.75) is 12.5 Å². The van der Waals surface area contributed by atoms with Gasteiger partial charge in [-0.1, -0.05) is 35.5 Å². The zero-order valence-electron chi connectivity index (χ0n) is 13.8.